The van der Waals surface area contributed by atoms with E-state index in [4.69, 9.17) is 19.9 Å². The van der Waals surface area contributed by atoms with E-state index in [1.165, 1.54) is 0 Å². The summed E-state index contributed by atoms with van der Waals surface area (Å²) in [6.07, 6.45) is -0.748. The van der Waals surface area contributed by atoms with Crippen molar-refractivity contribution in [2.75, 3.05) is 13.2 Å². The van der Waals surface area contributed by atoms with Gasteiger partial charge in [-0.1, -0.05) is 10.3 Å². The first-order valence-corrected chi connectivity index (χ1v) is 3.51. The molecule has 2 aliphatic rings. The van der Waals surface area contributed by atoms with Gasteiger partial charge in [0.25, 0.3) is 0 Å². The van der Waals surface area contributed by atoms with Crippen molar-refractivity contribution in [3.8, 4) is 0 Å². The third-order valence-corrected chi connectivity index (χ3v) is 2.01. The number of hydrogen-bond acceptors (Lipinski definition) is 6. The van der Waals surface area contributed by atoms with E-state index in [1.807, 2.05) is 0 Å². The Hall–Kier alpha value is -1.14. The van der Waals surface area contributed by atoms with Gasteiger partial charge in [0.15, 0.2) is 0 Å². The summed E-state index contributed by atoms with van der Waals surface area (Å²) in [5.41, 5.74) is 0.886. The van der Waals surface area contributed by atoms with Crippen LogP contribution in [0.3, 0.4) is 0 Å². The van der Waals surface area contributed by atoms with Crippen molar-refractivity contribution in [2.45, 2.75) is 12.2 Å². The molecule has 6 nitrogen and oxygen atoms in total. The second-order valence-corrected chi connectivity index (χ2v) is 2.65. The average Bonchev–Trinajstić information content (AvgIpc) is 2.62. The van der Waals surface area contributed by atoms with Crippen LogP contribution in [-0.4, -0.2) is 47.3 Å². The van der Waals surface area contributed by atoms with E-state index in [-0.39, 0.29) is 25.4 Å². The molecule has 0 radical (unpaired) electrons. The predicted octanol–water partition coefficient (Wildman–Crippen LogP) is -0.556. The maximum absolute atomic E-state index is 8.50. The number of ether oxygens (including phenoxy) is 2. The highest BCUT2D eigenvalue weighted by atomic mass is 16.6. The normalized spacial score (nSPS) is 41.0. The molecular formula is C6H8N2O4. The molecule has 0 spiro atoms. The van der Waals surface area contributed by atoms with Gasteiger partial charge in [0.2, 0.25) is 0 Å². The first-order chi connectivity index (χ1) is 5.86. The fourth-order valence-corrected chi connectivity index (χ4v) is 1.40. The van der Waals surface area contributed by atoms with Gasteiger partial charge in [-0.3, -0.25) is 0 Å². The van der Waals surface area contributed by atoms with E-state index in [0.717, 1.165) is 0 Å². The van der Waals surface area contributed by atoms with Crippen molar-refractivity contribution >= 4 is 11.4 Å². The maximum Gasteiger partial charge on any atom is 0.133 e. The number of nitrogens with zero attached hydrogens (tertiary/aromatic N) is 2. The number of rotatable bonds is 0. The summed E-state index contributed by atoms with van der Waals surface area (Å²) in [5.74, 6) is 0. The Morgan fingerprint density at radius 2 is 1.42 bits per heavy atom. The molecule has 6 heteroatoms. The fourth-order valence-electron chi connectivity index (χ4n) is 1.40. The third-order valence-electron chi connectivity index (χ3n) is 2.01. The van der Waals surface area contributed by atoms with E-state index < -0.39 is 0 Å². The Balaban J connectivity index is 2.22. The zero-order chi connectivity index (χ0) is 8.55. The summed E-state index contributed by atoms with van der Waals surface area (Å²) >= 11 is 0. The van der Waals surface area contributed by atoms with Crippen molar-refractivity contribution in [1.29, 1.82) is 0 Å². The predicted molar refractivity (Wildman–Crippen MR) is 37.9 cm³/mol. The van der Waals surface area contributed by atoms with E-state index >= 15 is 0 Å². The fraction of sp³-hybridized carbons (Fsp3) is 0.667. The van der Waals surface area contributed by atoms with Gasteiger partial charge in [-0.15, -0.1) is 0 Å². The Morgan fingerprint density at radius 3 is 1.75 bits per heavy atom. The van der Waals surface area contributed by atoms with Crippen molar-refractivity contribution in [2.24, 2.45) is 10.3 Å². The highest BCUT2D eigenvalue weighted by Crippen LogP contribution is 2.22. The molecule has 2 fully saturated rings. The molecule has 66 valence electrons. The smallest absolute Gasteiger partial charge is 0.133 e. The van der Waals surface area contributed by atoms with Gasteiger partial charge < -0.3 is 19.9 Å². The van der Waals surface area contributed by atoms with E-state index in [1.54, 1.807) is 0 Å². The van der Waals surface area contributed by atoms with Crippen LogP contribution < -0.4 is 0 Å². The average molecular weight is 172 g/mol. The molecular weight excluding hydrogens is 164 g/mol. The van der Waals surface area contributed by atoms with Gasteiger partial charge >= 0.3 is 0 Å². The molecule has 0 aromatic rings. The van der Waals surface area contributed by atoms with Crippen LogP contribution in [0.4, 0.5) is 0 Å². The monoisotopic (exact) mass is 172 g/mol. The second-order valence-electron chi connectivity index (χ2n) is 2.65. The topological polar surface area (TPSA) is 83.6 Å². The largest absolute Gasteiger partial charge is 0.411 e. The lowest BCUT2D eigenvalue weighted by Gasteiger charge is -2.03. The number of fused-ring (bicyclic) bond motifs is 1. The molecule has 0 bridgehead atoms. The first-order valence-electron chi connectivity index (χ1n) is 3.51. The zero-order valence-electron chi connectivity index (χ0n) is 6.17. The highest BCUT2D eigenvalue weighted by molar-refractivity contribution is 6.03. The van der Waals surface area contributed by atoms with Crippen molar-refractivity contribution in [3.05, 3.63) is 0 Å². The standard InChI is InChI=1S/C6H8N2O4/c9-7-3-1-11-6-4(8-10)2-12-5(3)6/h5-6,9-10H,1-2H2/b7-3+,8-4+. The SMILES string of the molecule is O/N=C1\COC2/C(=N/O)COC12. The molecule has 2 atom stereocenters. The highest BCUT2D eigenvalue weighted by Gasteiger charge is 2.44. The van der Waals surface area contributed by atoms with Gasteiger partial charge in [-0.05, 0) is 0 Å². The van der Waals surface area contributed by atoms with Crippen LogP contribution in [0.2, 0.25) is 0 Å². The summed E-state index contributed by atoms with van der Waals surface area (Å²) in [6.45, 7) is 0.454. The van der Waals surface area contributed by atoms with Gasteiger partial charge in [0.05, 0.1) is 13.2 Å². The van der Waals surface area contributed by atoms with Crippen LogP contribution in [0.5, 0.6) is 0 Å². The molecule has 0 saturated carbocycles. The second kappa shape index (κ2) is 2.72. The summed E-state index contributed by atoms with van der Waals surface area (Å²) in [7, 11) is 0. The van der Waals surface area contributed by atoms with Gasteiger partial charge in [-0.25, -0.2) is 0 Å². The molecule has 2 saturated heterocycles. The van der Waals surface area contributed by atoms with Crippen LogP contribution in [-0.2, 0) is 9.47 Å². The van der Waals surface area contributed by atoms with Crippen LogP contribution in [0.25, 0.3) is 0 Å². The Bertz CT molecular complexity index is 224. The lowest BCUT2D eigenvalue weighted by atomic mass is 10.1. The van der Waals surface area contributed by atoms with Crippen LogP contribution in [0.1, 0.15) is 0 Å². The molecule has 0 aromatic carbocycles. The minimum atomic E-state index is -0.374. The van der Waals surface area contributed by atoms with Gasteiger partial charge in [0.1, 0.15) is 23.6 Å². The number of hydrogen-bond donors (Lipinski definition) is 2. The van der Waals surface area contributed by atoms with Crippen LogP contribution in [0.15, 0.2) is 10.3 Å². The van der Waals surface area contributed by atoms with Crippen LogP contribution in [0, 0.1) is 0 Å². The van der Waals surface area contributed by atoms with Gasteiger partial charge in [-0.2, -0.15) is 0 Å². The van der Waals surface area contributed by atoms with Crippen molar-refractivity contribution in [3.63, 3.8) is 0 Å². The molecule has 2 heterocycles. The van der Waals surface area contributed by atoms with Crippen molar-refractivity contribution < 1.29 is 19.9 Å². The first kappa shape index (κ1) is 7.51. The molecule has 2 aliphatic heterocycles. The maximum atomic E-state index is 8.50. The number of oxime groups is 2. The quantitative estimate of drug-likeness (QED) is 0.379. The lowest BCUT2D eigenvalue weighted by molar-refractivity contribution is 0.0868. The minimum Gasteiger partial charge on any atom is -0.411 e. The molecule has 12 heavy (non-hydrogen) atoms. The molecule has 2 N–H and O–H groups in total. The Kier molecular flexibility index (Phi) is 1.70. The Morgan fingerprint density at radius 1 is 1.00 bits per heavy atom. The van der Waals surface area contributed by atoms with E-state index in [0.29, 0.717) is 11.4 Å². The third kappa shape index (κ3) is 0.886. The Labute approximate surface area is 68.1 Å². The minimum absolute atomic E-state index is 0.227. The van der Waals surface area contributed by atoms with E-state index in [9.17, 15) is 0 Å². The molecule has 0 amide bonds. The molecule has 2 unspecified atom stereocenters. The molecule has 2 rings (SSSR count). The zero-order valence-corrected chi connectivity index (χ0v) is 6.17. The van der Waals surface area contributed by atoms with Crippen LogP contribution >= 0.6 is 0 Å². The summed E-state index contributed by atoms with van der Waals surface area (Å²) in [5, 5.41) is 23.1. The molecule has 0 aliphatic carbocycles. The summed E-state index contributed by atoms with van der Waals surface area (Å²) in [4.78, 5) is 0. The molecule has 0 aromatic heterocycles. The van der Waals surface area contributed by atoms with Gasteiger partial charge in [0, 0.05) is 0 Å². The van der Waals surface area contributed by atoms with E-state index in [2.05, 4.69) is 10.3 Å². The summed E-state index contributed by atoms with van der Waals surface area (Å²) < 4.78 is 10.4. The van der Waals surface area contributed by atoms with Crippen molar-refractivity contribution in [1.82, 2.24) is 0 Å². The summed E-state index contributed by atoms with van der Waals surface area (Å²) in [6, 6.07) is 0. The lowest BCUT2D eigenvalue weighted by Crippen LogP contribution is -2.26.